The second-order valence-corrected chi connectivity index (χ2v) is 4.50. The third kappa shape index (κ3) is 3.08. The summed E-state index contributed by atoms with van der Waals surface area (Å²) in [7, 11) is 2.97. The molecule has 1 fully saturated rings. The Kier molecular flexibility index (Phi) is 4.64. The van der Waals surface area contributed by atoms with Crippen LogP contribution in [0.2, 0.25) is 0 Å². The van der Waals surface area contributed by atoms with Crippen LogP contribution in [0.4, 0.5) is 0 Å². The molecular formula is C14H17NO6. The molecule has 1 aliphatic heterocycles. The molecule has 7 heteroatoms. The van der Waals surface area contributed by atoms with Gasteiger partial charge in [0.1, 0.15) is 0 Å². The Morgan fingerprint density at radius 2 is 2.00 bits per heavy atom. The van der Waals surface area contributed by atoms with E-state index in [1.54, 1.807) is 12.1 Å². The summed E-state index contributed by atoms with van der Waals surface area (Å²) in [6.45, 7) is 0.557. The third-order valence-corrected chi connectivity index (χ3v) is 3.30. The van der Waals surface area contributed by atoms with E-state index in [2.05, 4.69) is 0 Å². The number of rotatable bonds is 4. The fourth-order valence-corrected chi connectivity index (χ4v) is 2.19. The number of aliphatic carboxylic acids is 1. The average Bonchev–Trinajstić information content (AvgIpc) is 2.53. The maximum Gasteiger partial charge on any atom is 0.328 e. The Morgan fingerprint density at radius 3 is 2.62 bits per heavy atom. The van der Waals surface area contributed by atoms with Crippen molar-refractivity contribution in [2.45, 2.75) is 6.04 Å². The molecule has 1 saturated heterocycles. The normalized spacial score (nSPS) is 18.2. The van der Waals surface area contributed by atoms with Crippen LogP contribution in [0, 0.1) is 0 Å². The zero-order chi connectivity index (χ0) is 15.4. The molecule has 0 radical (unpaired) electrons. The number of ether oxygens (including phenoxy) is 3. The topological polar surface area (TPSA) is 85.3 Å². The molecule has 114 valence electrons. The van der Waals surface area contributed by atoms with Crippen LogP contribution >= 0.6 is 0 Å². The lowest BCUT2D eigenvalue weighted by atomic mass is 10.1. The number of benzene rings is 1. The summed E-state index contributed by atoms with van der Waals surface area (Å²) in [5.41, 5.74) is 0.348. The van der Waals surface area contributed by atoms with Gasteiger partial charge in [0.05, 0.1) is 27.4 Å². The second kappa shape index (κ2) is 6.45. The van der Waals surface area contributed by atoms with Crippen LogP contribution in [0.15, 0.2) is 18.2 Å². The van der Waals surface area contributed by atoms with Gasteiger partial charge < -0.3 is 24.2 Å². The van der Waals surface area contributed by atoms with Crippen LogP contribution in [0.1, 0.15) is 10.4 Å². The van der Waals surface area contributed by atoms with Gasteiger partial charge in [0.25, 0.3) is 5.91 Å². The van der Waals surface area contributed by atoms with Gasteiger partial charge in [-0.25, -0.2) is 4.79 Å². The number of methoxy groups -OCH3 is 2. The molecule has 1 heterocycles. The van der Waals surface area contributed by atoms with Crippen molar-refractivity contribution in [2.24, 2.45) is 0 Å². The van der Waals surface area contributed by atoms with Crippen LogP contribution in [0.5, 0.6) is 11.5 Å². The summed E-state index contributed by atoms with van der Waals surface area (Å²) in [5, 5.41) is 9.17. The highest BCUT2D eigenvalue weighted by Crippen LogP contribution is 2.28. The lowest BCUT2D eigenvalue weighted by Gasteiger charge is -2.33. The van der Waals surface area contributed by atoms with Crippen molar-refractivity contribution in [1.82, 2.24) is 4.90 Å². The number of carboxylic acids is 1. The van der Waals surface area contributed by atoms with Crippen molar-refractivity contribution in [3.63, 3.8) is 0 Å². The summed E-state index contributed by atoms with van der Waals surface area (Å²) < 4.78 is 15.4. The van der Waals surface area contributed by atoms with Crippen LogP contribution in [0.25, 0.3) is 0 Å². The number of carbonyl (C=O) groups is 2. The van der Waals surface area contributed by atoms with Gasteiger partial charge in [-0.05, 0) is 18.2 Å². The summed E-state index contributed by atoms with van der Waals surface area (Å²) in [6.07, 6.45) is 0. The highest BCUT2D eigenvalue weighted by atomic mass is 16.5. The van der Waals surface area contributed by atoms with E-state index in [1.807, 2.05) is 0 Å². The van der Waals surface area contributed by atoms with E-state index in [9.17, 15) is 9.59 Å². The lowest BCUT2D eigenvalue weighted by molar-refractivity contribution is -0.147. The van der Waals surface area contributed by atoms with Gasteiger partial charge in [0.15, 0.2) is 17.5 Å². The first-order chi connectivity index (χ1) is 10.1. The highest BCUT2D eigenvalue weighted by molar-refractivity contribution is 5.97. The first-order valence-electron chi connectivity index (χ1n) is 6.42. The number of carbonyl (C=O) groups excluding carboxylic acids is 1. The molecule has 1 N–H and O–H groups in total. The second-order valence-electron chi connectivity index (χ2n) is 4.50. The van der Waals surface area contributed by atoms with Gasteiger partial charge in [-0.2, -0.15) is 0 Å². The van der Waals surface area contributed by atoms with E-state index in [-0.39, 0.29) is 19.1 Å². The minimum absolute atomic E-state index is 0.00559. The van der Waals surface area contributed by atoms with Gasteiger partial charge in [-0.3, -0.25) is 4.79 Å². The predicted octanol–water partition coefficient (Wildman–Crippen LogP) is 0.629. The van der Waals surface area contributed by atoms with Crippen LogP contribution < -0.4 is 9.47 Å². The minimum atomic E-state index is -1.08. The Bertz CT molecular complexity index is 544. The predicted molar refractivity (Wildman–Crippen MR) is 72.8 cm³/mol. The molecule has 1 aromatic rings. The summed E-state index contributed by atoms with van der Waals surface area (Å²) in [6, 6.07) is 3.76. The van der Waals surface area contributed by atoms with E-state index >= 15 is 0 Å². The first-order valence-corrected chi connectivity index (χ1v) is 6.42. The number of nitrogens with zero attached hydrogens (tertiary/aromatic N) is 1. The number of hydrogen-bond donors (Lipinski definition) is 1. The van der Waals surface area contributed by atoms with E-state index < -0.39 is 12.0 Å². The number of carboxylic acid groups (broad SMARTS) is 1. The first kappa shape index (κ1) is 15.1. The molecule has 0 bridgehead atoms. The van der Waals surface area contributed by atoms with E-state index in [1.165, 1.54) is 25.2 Å². The fourth-order valence-electron chi connectivity index (χ4n) is 2.19. The molecule has 1 aromatic carbocycles. The van der Waals surface area contributed by atoms with E-state index in [4.69, 9.17) is 19.3 Å². The molecule has 0 aromatic heterocycles. The zero-order valence-corrected chi connectivity index (χ0v) is 11.9. The molecular weight excluding hydrogens is 278 g/mol. The number of morpholine rings is 1. The highest BCUT2D eigenvalue weighted by Gasteiger charge is 2.33. The quantitative estimate of drug-likeness (QED) is 0.877. The number of amides is 1. The molecule has 2 rings (SSSR count). The largest absolute Gasteiger partial charge is 0.493 e. The molecule has 7 nitrogen and oxygen atoms in total. The van der Waals surface area contributed by atoms with Crippen LogP contribution in [-0.4, -0.2) is 61.9 Å². The van der Waals surface area contributed by atoms with Crippen molar-refractivity contribution in [1.29, 1.82) is 0 Å². The Hall–Kier alpha value is -2.28. The molecule has 0 aliphatic carbocycles. The SMILES string of the molecule is COc1ccc(C(=O)N2CCOCC2C(=O)O)cc1OC. The summed E-state index contributed by atoms with van der Waals surface area (Å²) >= 11 is 0. The molecule has 1 amide bonds. The molecule has 1 unspecified atom stereocenters. The molecule has 1 atom stereocenters. The van der Waals surface area contributed by atoms with Crippen molar-refractivity contribution in [3.8, 4) is 11.5 Å². The van der Waals surface area contributed by atoms with Crippen molar-refractivity contribution in [2.75, 3.05) is 34.0 Å². The van der Waals surface area contributed by atoms with E-state index in [0.717, 1.165) is 0 Å². The molecule has 0 spiro atoms. The lowest BCUT2D eigenvalue weighted by Crippen LogP contribution is -2.52. The number of hydrogen-bond acceptors (Lipinski definition) is 5. The monoisotopic (exact) mass is 295 g/mol. The van der Waals surface area contributed by atoms with Gasteiger partial charge in [-0.1, -0.05) is 0 Å². The standard InChI is InChI=1S/C14H17NO6/c1-19-11-4-3-9(7-12(11)20-2)13(16)15-5-6-21-8-10(15)14(17)18/h3-4,7,10H,5-6,8H2,1-2H3,(H,17,18). The van der Waals surface area contributed by atoms with Gasteiger partial charge in [0, 0.05) is 12.1 Å². The summed E-state index contributed by atoms with van der Waals surface area (Å²) in [4.78, 5) is 25.0. The van der Waals surface area contributed by atoms with Crippen molar-refractivity contribution in [3.05, 3.63) is 23.8 Å². The maximum atomic E-state index is 12.5. The van der Waals surface area contributed by atoms with Crippen molar-refractivity contribution < 1.29 is 28.9 Å². The average molecular weight is 295 g/mol. The fraction of sp³-hybridized carbons (Fsp3) is 0.429. The molecule has 21 heavy (non-hydrogen) atoms. The molecule has 1 aliphatic rings. The Morgan fingerprint density at radius 1 is 1.29 bits per heavy atom. The smallest absolute Gasteiger partial charge is 0.328 e. The third-order valence-electron chi connectivity index (χ3n) is 3.30. The van der Waals surface area contributed by atoms with Crippen LogP contribution in [-0.2, 0) is 9.53 Å². The Balaban J connectivity index is 2.28. The van der Waals surface area contributed by atoms with Gasteiger partial charge in [0.2, 0.25) is 0 Å². The van der Waals surface area contributed by atoms with E-state index in [0.29, 0.717) is 23.7 Å². The Labute approximate surface area is 122 Å². The summed E-state index contributed by atoms with van der Waals surface area (Å²) in [5.74, 6) is -0.524. The van der Waals surface area contributed by atoms with Crippen molar-refractivity contribution >= 4 is 11.9 Å². The van der Waals surface area contributed by atoms with Gasteiger partial charge in [-0.15, -0.1) is 0 Å². The zero-order valence-electron chi connectivity index (χ0n) is 11.9. The maximum absolute atomic E-state index is 12.5. The van der Waals surface area contributed by atoms with Crippen LogP contribution in [0.3, 0.4) is 0 Å². The molecule has 0 saturated carbocycles. The minimum Gasteiger partial charge on any atom is -0.493 e. The van der Waals surface area contributed by atoms with Gasteiger partial charge >= 0.3 is 5.97 Å².